The Morgan fingerprint density at radius 3 is 1.64 bits per heavy atom. The number of rotatable bonds is 1. The average molecular weight is 655 g/mol. The molecule has 3 nitrogen and oxygen atoms in total. The predicted molar refractivity (Wildman–Crippen MR) is 198 cm³/mol. The van der Waals surface area contributed by atoms with Crippen molar-refractivity contribution in [1.29, 1.82) is 0 Å². The molecule has 8 saturated carbocycles. The van der Waals surface area contributed by atoms with Gasteiger partial charge in [-0.25, -0.2) is 0 Å². The molecule has 272 valence electrons. The van der Waals surface area contributed by atoms with E-state index in [-0.39, 0.29) is 26.6 Å². The smallest absolute Gasteiger partial charge is 0.0622 e. The van der Waals surface area contributed by atoms with Gasteiger partial charge in [0, 0.05) is 0 Å². The predicted octanol–water partition coefficient (Wildman–Crippen LogP) is 11.0. The minimum Gasteiger partial charge on any atom is -0.393 e. The number of hydrogen-bond donors (Lipinski definition) is 3. The first-order valence-electron chi connectivity index (χ1n) is 20.0. The van der Waals surface area contributed by atoms with Crippen LogP contribution in [0.1, 0.15) is 172 Å². The monoisotopic (exact) mass is 655 g/mol. The molecule has 3 heteroatoms. The van der Waals surface area contributed by atoms with Crippen LogP contribution >= 0.6 is 0 Å². The lowest BCUT2D eigenvalue weighted by Gasteiger charge is -2.57. The molecule has 8 aliphatic carbocycles. The van der Waals surface area contributed by atoms with Crippen LogP contribution in [0.3, 0.4) is 0 Å². The molecule has 0 amide bonds. The second-order valence-electron chi connectivity index (χ2n) is 19.6. The molecular weight excluding hydrogens is 576 g/mol. The molecule has 47 heavy (non-hydrogen) atoms. The van der Waals surface area contributed by atoms with E-state index in [1.807, 2.05) is 6.92 Å². The molecule has 3 N–H and O–H groups in total. The number of fused-ring (bicyclic) bond motifs is 10. The zero-order chi connectivity index (χ0) is 31.9. The lowest BCUT2D eigenvalue weighted by Crippen LogP contribution is -2.51. The van der Waals surface area contributed by atoms with Crippen LogP contribution in [0.25, 0.3) is 0 Å². The van der Waals surface area contributed by atoms with Crippen LogP contribution in [0.2, 0.25) is 0 Å². The van der Waals surface area contributed by atoms with Gasteiger partial charge in [0.05, 0.1) is 17.3 Å². The molecule has 0 aromatic heterocycles. The highest BCUT2D eigenvalue weighted by molar-refractivity contribution is 5.23. The molecule has 8 fully saturated rings. The Balaban J connectivity index is 0.000000177. The highest BCUT2D eigenvalue weighted by Crippen LogP contribution is 2.66. The Labute approximate surface area is 291 Å². The van der Waals surface area contributed by atoms with Crippen LogP contribution < -0.4 is 0 Å². The van der Waals surface area contributed by atoms with E-state index in [1.165, 1.54) is 89.9 Å². The first kappa shape index (κ1) is 37.9. The number of aliphatic hydroxyl groups is 3. The van der Waals surface area contributed by atoms with E-state index in [9.17, 15) is 15.3 Å². The zero-order valence-corrected chi connectivity index (χ0v) is 30.1. The Kier molecular flexibility index (Phi) is 11.0. The molecule has 0 saturated heterocycles. The van der Waals surface area contributed by atoms with Crippen LogP contribution in [0.15, 0.2) is 11.6 Å². The summed E-state index contributed by atoms with van der Waals surface area (Å²) in [6, 6.07) is 0. The van der Waals surface area contributed by atoms with Crippen molar-refractivity contribution in [3.05, 3.63) is 11.6 Å². The molecule has 0 aromatic rings. The third-order valence-electron chi connectivity index (χ3n) is 17.3. The van der Waals surface area contributed by atoms with E-state index >= 15 is 0 Å². The largest absolute Gasteiger partial charge is 0.393 e. The van der Waals surface area contributed by atoms with Gasteiger partial charge in [-0.1, -0.05) is 40.3 Å². The highest BCUT2D eigenvalue weighted by atomic mass is 16.3. The highest BCUT2D eigenvalue weighted by Gasteiger charge is 2.59. The molecule has 8 rings (SSSR count). The lowest BCUT2D eigenvalue weighted by molar-refractivity contribution is -0.106. The third-order valence-corrected chi connectivity index (χ3v) is 17.3. The molecule has 0 aromatic carbocycles. The molecule has 8 aliphatic rings. The first-order chi connectivity index (χ1) is 21.3. The summed E-state index contributed by atoms with van der Waals surface area (Å²) in [4.78, 5) is 0. The summed E-state index contributed by atoms with van der Waals surface area (Å²) in [6.45, 7) is 13.5. The fourth-order valence-corrected chi connectivity index (χ4v) is 15.3. The maximum absolute atomic E-state index is 10.5. The van der Waals surface area contributed by atoms with Crippen LogP contribution in [0.4, 0.5) is 0 Å². The minimum atomic E-state index is -0.401. The van der Waals surface area contributed by atoms with Crippen LogP contribution in [-0.4, -0.2) is 32.6 Å². The van der Waals surface area contributed by atoms with E-state index in [0.29, 0.717) is 16.7 Å². The van der Waals surface area contributed by atoms with Gasteiger partial charge in [0.1, 0.15) is 0 Å². The quantitative estimate of drug-likeness (QED) is 0.247. The van der Waals surface area contributed by atoms with E-state index in [2.05, 4.69) is 40.7 Å². The zero-order valence-electron chi connectivity index (χ0n) is 30.1. The molecule has 0 bridgehead atoms. The fourth-order valence-electron chi connectivity index (χ4n) is 15.3. The summed E-state index contributed by atoms with van der Waals surface area (Å²) in [7, 11) is 0. The van der Waals surface area contributed by atoms with Gasteiger partial charge >= 0.3 is 0 Å². The van der Waals surface area contributed by atoms with E-state index in [4.69, 9.17) is 0 Å². The normalized spacial score (nSPS) is 54.4. The number of hydrogen-bond acceptors (Lipinski definition) is 3. The topological polar surface area (TPSA) is 60.7 Å². The minimum absolute atomic E-state index is 0. The third kappa shape index (κ3) is 6.49. The fraction of sp³-hybridized carbons (Fsp3) is 0.955. The van der Waals surface area contributed by atoms with Crippen molar-refractivity contribution in [1.82, 2.24) is 0 Å². The Bertz CT molecular complexity index is 1110. The van der Waals surface area contributed by atoms with Crippen LogP contribution in [-0.2, 0) is 0 Å². The van der Waals surface area contributed by atoms with Crippen molar-refractivity contribution in [2.24, 2.45) is 75.9 Å². The van der Waals surface area contributed by atoms with Crippen LogP contribution in [0.5, 0.6) is 0 Å². The van der Waals surface area contributed by atoms with Crippen molar-refractivity contribution < 1.29 is 15.3 Å². The Hall–Kier alpha value is -0.380. The molecule has 0 aliphatic heterocycles. The van der Waals surface area contributed by atoms with Gasteiger partial charge in [0.25, 0.3) is 0 Å². The summed E-state index contributed by atoms with van der Waals surface area (Å²) in [5.41, 5.74) is 1.92. The van der Waals surface area contributed by atoms with Crippen molar-refractivity contribution in [3.8, 4) is 0 Å². The molecule has 1 unspecified atom stereocenters. The van der Waals surface area contributed by atoms with Crippen molar-refractivity contribution in [3.63, 3.8) is 0 Å². The van der Waals surface area contributed by atoms with Gasteiger partial charge in [0.2, 0.25) is 0 Å². The van der Waals surface area contributed by atoms with Gasteiger partial charge in [-0.05, 0) is 219 Å². The SMILES string of the molecule is C.C.CC(O)[C@H]1CC[C@H]2[C@@H]3CC[C@@H]4C[C@](C)(O)CC[C@@H]4[C@H]3CC[C@]12C.CC=C1CC[C@H]2[C@@H]3CC[C@@H]4C[C@](C)(O)CC[C@@H]4[C@H]3CC[C@]12C. The maximum atomic E-state index is 10.5. The molecule has 0 spiro atoms. The van der Waals surface area contributed by atoms with E-state index < -0.39 is 5.60 Å². The summed E-state index contributed by atoms with van der Waals surface area (Å²) < 4.78 is 0. The average Bonchev–Trinajstić information content (AvgIpc) is 3.52. The first-order valence-corrected chi connectivity index (χ1v) is 20.0. The van der Waals surface area contributed by atoms with Crippen molar-refractivity contribution in [2.75, 3.05) is 0 Å². The molecular formula is C44H78O3. The van der Waals surface area contributed by atoms with Gasteiger partial charge in [-0.3, -0.25) is 0 Å². The Morgan fingerprint density at radius 2 is 1.11 bits per heavy atom. The molecule has 0 radical (unpaired) electrons. The summed E-state index contributed by atoms with van der Waals surface area (Å²) >= 11 is 0. The molecule has 16 atom stereocenters. The van der Waals surface area contributed by atoms with Gasteiger partial charge < -0.3 is 15.3 Å². The summed E-state index contributed by atoms with van der Waals surface area (Å²) in [6.07, 6.45) is 25.6. The summed E-state index contributed by atoms with van der Waals surface area (Å²) in [5, 5.41) is 31.2. The van der Waals surface area contributed by atoms with Gasteiger partial charge in [-0.15, -0.1) is 0 Å². The number of allylic oxidation sites excluding steroid dienone is 2. The second-order valence-corrected chi connectivity index (χ2v) is 19.6. The Morgan fingerprint density at radius 1 is 0.596 bits per heavy atom. The molecule has 0 heterocycles. The van der Waals surface area contributed by atoms with E-state index in [0.717, 1.165) is 84.9 Å². The van der Waals surface area contributed by atoms with Crippen LogP contribution in [0, 0.1) is 75.9 Å². The number of aliphatic hydroxyl groups excluding tert-OH is 1. The van der Waals surface area contributed by atoms with Crippen molar-refractivity contribution in [2.45, 2.75) is 189 Å². The van der Waals surface area contributed by atoms with E-state index in [1.54, 1.807) is 5.57 Å². The maximum Gasteiger partial charge on any atom is 0.0622 e. The van der Waals surface area contributed by atoms with Crippen molar-refractivity contribution >= 4 is 0 Å². The lowest BCUT2D eigenvalue weighted by atomic mass is 9.49. The summed E-state index contributed by atoms with van der Waals surface area (Å²) in [5.74, 6) is 9.52. The second kappa shape index (κ2) is 13.6. The van der Waals surface area contributed by atoms with Gasteiger partial charge in [-0.2, -0.15) is 0 Å². The standard InChI is InChI=1S/C21H36O2.C21H34O.2CH4/c1-13(22)18-6-7-19-17-5-4-14-12-20(2,23)10-8-15(14)16(17)9-11-21(18,19)3;1-4-15-6-8-19-18-7-5-14-13-20(2,22)11-9-16(14)17(18)10-12-21(15,19)3;;/h13-19,22-23H,4-12H2,1-3H3;4,14,16-19,22H,5-13H2,1-3H3;2*1H4/t13?,14-,15+,16-,17-,18-,19+,20-,21-;14-,16+,17-,18-,19+,20-,21-;;/m11../s1. The van der Waals surface area contributed by atoms with Gasteiger partial charge in [0.15, 0.2) is 0 Å².